The third-order valence-corrected chi connectivity index (χ3v) is 6.33. The van der Waals surface area contributed by atoms with Crippen LogP contribution in [0.2, 0.25) is 0 Å². The first-order valence-corrected chi connectivity index (χ1v) is 10.7. The van der Waals surface area contributed by atoms with Gasteiger partial charge in [0.25, 0.3) is 5.91 Å². The Kier molecular flexibility index (Phi) is 5.59. The number of aryl methyl sites for hydroxylation is 2. The average Bonchev–Trinajstić information content (AvgIpc) is 3.12. The predicted octanol–water partition coefficient (Wildman–Crippen LogP) is 5.47. The average molecular weight is 421 g/mol. The largest absolute Gasteiger partial charge is 0.322 e. The van der Waals surface area contributed by atoms with E-state index in [0.29, 0.717) is 28.3 Å². The maximum Gasteiger partial charge on any atom is 0.255 e. The Labute approximate surface area is 179 Å². The van der Waals surface area contributed by atoms with E-state index in [2.05, 4.69) is 5.32 Å². The molecule has 152 valence electrons. The van der Waals surface area contributed by atoms with Crippen molar-refractivity contribution in [1.82, 2.24) is 0 Å². The summed E-state index contributed by atoms with van der Waals surface area (Å²) in [4.78, 5) is 26.8. The van der Waals surface area contributed by atoms with Gasteiger partial charge in [0.05, 0.1) is 5.75 Å². The van der Waals surface area contributed by atoms with E-state index in [1.165, 1.54) is 17.8 Å². The number of hydrogen-bond donors (Lipinski definition) is 1. The lowest BCUT2D eigenvalue weighted by Crippen LogP contribution is -2.28. The van der Waals surface area contributed by atoms with E-state index in [1.807, 2.05) is 49.4 Å². The fourth-order valence-electron chi connectivity index (χ4n) is 3.48. The Morgan fingerprint density at radius 2 is 1.83 bits per heavy atom. The summed E-state index contributed by atoms with van der Waals surface area (Å²) in [5.74, 6) is -0.268. The highest BCUT2D eigenvalue weighted by Crippen LogP contribution is 2.42. The number of rotatable bonds is 4. The smallest absolute Gasteiger partial charge is 0.255 e. The van der Waals surface area contributed by atoms with Gasteiger partial charge < -0.3 is 5.32 Å². The standard InChI is InChI=1S/C24H21FN2O2S/c1-15-6-3-4-9-20(15)23(29)26-18-8-5-7-17(12-18)24-27(22(28)14-30-24)19-11-10-16(2)21(25)13-19/h3-13,24H,14H2,1-2H3,(H,26,29). The van der Waals surface area contributed by atoms with Crippen LogP contribution in [-0.4, -0.2) is 17.6 Å². The molecule has 6 heteroatoms. The summed E-state index contributed by atoms with van der Waals surface area (Å²) in [5, 5.41) is 2.65. The van der Waals surface area contributed by atoms with Gasteiger partial charge in [-0.1, -0.05) is 36.4 Å². The molecule has 1 heterocycles. The highest BCUT2D eigenvalue weighted by molar-refractivity contribution is 8.00. The number of carbonyl (C=O) groups excluding carboxylic acids is 2. The van der Waals surface area contributed by atoms with Crippen LogP contribution in [0.5, 0.6) is 0 Å². The lowest BCUT2D eigenvalue weighted by molar-refractivity contribution is -0.115. The molecule has 0 saturated carbocycles. The van der Waals surface area contributed by atoms with Gasteiger partial charge in [-0.05, 0) is 60.9 Å². The molecule has 0 radical (unpaired) electrons. The number of nitrogens with one attached hydrogen (secondary N) is 1. The maximum atomic E-state index is 14.1. The molecule has 1 aliphatic rings. The molecule has 4 rings (SSSR count). The highest BCUT2D eigenvalue weighted by atomic mass is 32.2. The Balaban J connectivity index is 1.61. The Hall–Kier alpha value is -3.12. The maximum absolute atomic E-state index is 14.1. The van der Waals surface area contributed by atoms with Crippen molar-refractivity contribution in [2.75, 3.05) is 16.0 Å². The molecule has 0 aromatic heterocycles. The number of anilines is 2. The fraction of sp³-hybridized carbons (Fsp3) is 0.167. The summed E-state index contributed by atoms with van der Waals surface area (Å²) in [5.41, 5.74) is 4.11. The monoisotopic (exact) mass is 420 g/mol. The van der Waals surface area contributed by atoms with Crippen LogP contribution in [0.4, 0.5) is 15.8 Å². The van der Waals surface area contributed by atoms with Crippen LogP contribution in [0, 0.1) is 19.7 Å². The summed E-state index contributed by atoms with van der Waals surface area (Å²) in [6, 6.07) is 19.7. The quantitative estimate of drug-likeness (QED) is 0.609. The second-order valence-electron chi connectivity index (χ2n) is 7.26. The zero-order valence-corrected chi connectivity index (χ0v) is 17.5. The molecule has 2 amide bonds. The highest BCUT2D eigenvalue weighted by Gasteiger charge is 2.34. The van der Waals surface area contributed by atoms with Crippen molar-refractivity contribution in [2.24, 2.45) is 0 Å². The van der Waals surface area contributed by atoms with E-state index >= 15 is 0 Å². The van der Waals surface area contributed by atoms with Crippen molar-refractivity contribution in [3.05, 3.63) is 94.8 Å². The zero-order valence-electron chi connectivity index (χ0n) is 16.7. The minimum atomic E-state index is -0.338. The molecule has 4 nitrogen and oxygen atoms in total. The second-order valence-corrected chi connectivity index (χ2v) is 8.32. The first-order chi connectivity index (χ1) is 14.4. The molecule has 1 saturated heterocycles. The van der Waals surface area contributed by atoms with Crippen molar-refractivity contribution < 1.29 is 14.0 Å². The first kappa shape index (κ1) is 20.2. The van der Waals surface area contributed by atoms with Gasteiger partial charge in [0.15, 0.2) is 0 Å². The van der Waals surface area contributed by atoms with Gasteiger partial charge in [0.2, 0.25) is 5.91 Å². The molecule has 30 heavy (non-hydrogen) atoms. The van der Waals surface area contributed by atoms with E-state index in [0.717, 1.165) is 11.1 Å². The van der Waals surface area contributed by atoms with Crippen LogP contribution >= 0.6 is 11.8 Å². The molecule has 0 aliphatic carbocycles. The Morgan fingerprint density at radius 3 is 2.60 bits per heavy atom. The van der Waals surface area contributed by atoms with E-state index in [9.17, 15) is 14.0 Å². The van der Waals surface area contributed by atoms with Crippen LogP contribution in [0.15, 0.2) is 66.7 Å². The topological polar surface area (TPSA) is 49.4 Å². The molecule has 1 unspecified atom stereocenters. The van der Waals surface area contributed by atoms with Gasteiger partial charge in [-0.2, -0.15) is 0 Å². The van der Waals surface area contributed by atoms with Gasteiger partial charge in [0.1, 0.15) is 11.2 Å². The van der Waals surface area contributed by atoms with Crippen molar-refractivity contribution in [3.63, 3.8) is 0 Å². The summed E-state index contributed by atoms with van der Waals surface area (Å²) in [6.07, 6.45) is 0. The summed E-state index contributed by atoms with van der Waals surface area (Å²) >= 11 is 1.48. The third kappa shape index (κ3) is 3.96. The lowest BCUT2D eigenvalue weighted by atomic mass is 10.1. The Morgan fingerprint density at radius 1 is 1.03 bits per heavy atom. The lowest BCUT2D eigenvalue weighted by Gasteiger charge is -2.25. The number of nitrogens with zero attached hydrogens (tertiary/aromatic N) is 1. The van der Waals surface area contributed by atoms with E-state index in [-0.39, 0.29) is 23.0 Å². The van der Waals surface area contributed by atoms with Crippen molar-refractivity contribution in [1.29, 1.82) is 0 Å². The van der Waals surface area contributed by atoms with Gasteiger partial charge in [-0.3, -0.25) is 14.5 Å². The van der Waals surface area contributed by atoms with Crippen LogP contribution in [0.1, 0.15) is 32.4 Å². The van der Waals surface area contributed by atoms with Crippen molar-refractivity contribution in [3.8, 4) is 0 Å². The van der Waals surface area contributed by atoms with Gasteiger partial charge in [-0.15, -0.1) is 11.8 Å². The van der Waals surface area contributed by atoms with Crippen LogP contribution < -0.4 is 10.2 Å². The van der Waals surface area contributed by atoms with Crippen molar-refractivity contribution >= 4 is 35.0 Å². The number of carbonyl (C=O) groups is 2. The molecule has 0 bridgehead atoms. The minimum absolute atomic E-state index is 0.0670. The number of benzene rings is 3. The fourth-order valence-corrected chi connectivity index (χ4v) is 4.64. The zero-order chi connectivity index (χ0) is 21.3. The van der Waals surface area contributed by atoms with Crippen LogP contribution in [0.25, 0.3) is 0 Å². The van der Waals surface area contributed by atoms with Crippen molar-refractivity contribution in [2.45, 2.75) is 19.2 Å². The summed E-state index contributed by atoms with van der Waals surface area (Å²) in [6.45, 7) is 3.59. The minimum Gasteiger partial charge on any atom is -0.322 e. The van der Waals surface area contributed by atoms with E-state index in [4.69, 9.17) is 0 Å². The number of thioether (sulfide) groups is 1. The van der Waals surface area contributed by atoms with E-state index < -0.39 is 0 Å². The third-order valence-electron chi connectivity index (χ3n) is 5.12. The molecule has 3 aromatic rings. The molecule has 1 fully saturated rings. The molecule has 1 atom stereocenters. The normalized spacial score (nSPS) is 16.0. The molecule has 1 aliphatic heterocycles. The second kappa shape index (κ2) is 8.32. The number of halogens is 1. The van der Waals surface area contributed by atoms with Crippen LogP contribution in [0.3, 0.4) is 0 Å². The molecular weight excluding hydrogens is 399 g/mol. The predicted molar refractivity (Wildman–Crippen MR) is 119 cm³/mol. The molecule has 3 aromatic carbocycles. The first-order valence-electron chi connectivity index (χ1n) is 9.61. The number of hydrogen-bond acceptors (Lipinski definition) is 3. The molecule has 1 N–H and O–H groups in total. The molecular formula is C24H21FN2O2S. The Bertz CT molecular complexity index is 1130. The van der Waals surface area contributed by atoms with Gasteiger partial charge in [-0.25, -0.2) is 4.39 Å². The van der Waals surface area contributed by atoms with Crippen LogP contribution in [-0.2, 0) is 4.79 Å². The SMILES string of the molecule is Cc1ccc(N2C(=O)CSC2c2cccc(NC(=O)c3ccccc3C)c2)cc1F. The summed E-state index contributed by atoms with van der Waals surface area (Å²) < 4.78 is 14.1. The number of amides is 2. The molecule has 0 spiro atoms. The van der Waals surface area contributed by atoms with Gasteiger partial charge in [0, 0.05) is 16.9 Å². The van der Waals surface area contributed by atoms with E-state index in [1.54, 1.807) is 30.0 Å². The summed E-state index contributed by atoms with van der Waals surface area (Å²) in [7, 11) is 0. The van der Waals surface area contributed by atoms with Gasteiger partial charge >= 0.3 is 0 Å².